The largest absolute Gasteiger partial charge is 0.494 e. The number of carbonyl (C=O) groups excluding carboxylic acids is 1. The lowest BCUT2D eigenvalue weighted by Crippen LogP contribution is -2.40. The molecule has 0 atom stereocenters. The van der Waals surface area contributed by atoms with Gasteiger partial charge in [0.2, 0.25) is 5.91 Å². The van der Waals surface area contributed by atoms with Crippen molar-refractivity contribution in [2.45, 2.75) is 45.2 Å². The summed E-state index contributed by atoms with van der Waals surface area (Å²) in [6, 6.07) is 20.6. The Kier molecular flexibility index (Phi) is 8.76. The van der Waals surface area contributed by atoms with Crippen LogP contribution in [-0.2, 0) is 21.4 Å². The Morgan fingerprint density at radius 2 is 1.51 bits per heavy atom. The summed E-state index contributed by atoms with van der Waals surface area (Å²) < 4.78 is 39.2. The second-order valence-corrected chi connectivity index (χ2v) is 10.2. The molecule has 0 aromatic heterocycles. The number of nitrogens with zero attached hydrogens (tertiary/aromatic N) is 1. The van der Waals surface area contributed by atoms with Gasteiger partial charge in [-0.25, -0.2) is 8.42 Å². The highest BCUT2D eigenvalue weighted by Gasteiger charge is 2.27. The fraction of sp³-hybridized carbons (Fsp3) is 0.296. The maximum Gasteiger partial charge on any atom is 0.264 e. The summed E-state index contributed by atoms with van der Waals surface area (Å²) in [4.78, 5) is 13.0. The van der Waals surface area contributed by atoms with Crippen molar-refractivity contribution in [1.29, 1.82) is 0 Å². The van der Waals surface area contributed by atoms with E-state index in [9.17, 15) is 13.2 Å². The highest BCUT2D eigenvalue weighted by atomic mass is 32.2. The number of aryl methyl sites for hydroxylation is 1. The van der Waals surface area contributed by atoms with Gasteiger partial charge in [-0.15, -0.1) is 0 Å². The van der Waals surface area contributed by atoms with Crippen molar-refractivity contribution in [2.24, 2.45) is 0 Å². The Morgan fingerprint density at radius 3 is 2.09 bits per heavy atom. The highest BCUT2D eigenvalue weighted by molar-refractivity contribution is 7.92. The molecule has 8 heteroatoms. The first kappa shape index (κ1) is 26.1. The Bertz CT molecular complexity index is 1210. The van der Waals surface area contributed by atoms with Gasteiger partial charge < -0.3 is 14.8 Å². The molecule has 0 aliphatic rings. The van der Waals surface area contributed by atoms with E-state index in [0.29, 0.717) is 18.0 Å². The second kappa shape index (κ2) is 11.8. The fourth-order valence-corrected chi connectivity index (χ4v) is 4.79. The Morgan fingerprint density at radius 1 is 0.914 bits per heavy atom. The number of hydrogen-bond donors (Lipinski definition) is 1. The third-order valence-electron chi connectivity index (χ3n) is 5.12. The number of sulfonamides is 1. The van der Waals surface area contributed by atoms with Gasteiger partial charge in [0, 0.05) is 6.54 Å². The molecule has 0 aliphatic carbocycles. The van der Waals surface area contributed by atoms with Crippen molar-refractivity contribution in [2.75, 3.05) is 17.5 Å². The molecule has 3 aromatic carbocycles. The molecule has 3 rings (SSSR count). The third kappa shape index (κ3) is 7.23. The summed E-state index contributed by atoms with van der Waals surface area (Å²) in [6.45, 7) is 8.07. The molecule has 0 aliphatic heterocycles. The van der Waals surface area contributed by atoms with E-state index < -0.39 is 15.9 Å². The zero-order chi connectivity index (χ0) is 25.4. The fourth-order valence-electron chi connectivity index (χ4n) is 3.37. The quantitative estimate of drug-likeness (QED) is 0.416. The monoisotopic (exact) mass is 496 g/mol. The van der Waals surface area contributed by atoms with Gasteiger partial charge in [-0.3, -0.25) is 9.10 Å². The minimum atomic E-state index is -3.98. The van der Waals surface area contributed by atoms with Crippen molar-refractivity contribution in [3.8, 4) is 11.5 Å². The summed E-state index contributed by atoms with van der Waals surface area (Å²) in [6.07, 6.45) is 0.0737. The molecule has 7 nitrogen and oxygen atoms in total. The molecular weight excluding hydrogens is 464 g/mol. The molecule has 3 aromatic rings. The number of benzene rings is 3. The summed E-state index contributed by atoms with van der Waals surface area (Å²) in [7, 11) is -3.98. The van der Waals surface area contributed by atoms with Crippen LogP contribution in [-0.4, -0.2) is 33.6 Å². The molecule has 1 amide bonds. The lowest BCUT2D eigenvalue weighted by molar-refractivity contribution is -0.119. The predicted octanol–water partition coefficient (Wildman–Crippen LogP) is 4.69. The molecule has 0 bridgehead atoms. The Hall–Kier alpha value is -3.52. The van der Waals surface area contributed by atoms with Crippen LogP contribution in [0, 0.1) is 6.92 Å². The highest BCUT2D eigenvalue weighted by Crippen LogP contribution is 2.26. The van der Waals surface area contributed by atoms with Gasteiger partial charge in [0.25, 0.3) is 10.0 Å². The summed E-state index contributed by atoms with van der Waals surface area (Å²) in [5.74, 6) is 0.955. The smallest absolute Gasteiger partial charge is 0.264 e. The van der Waals surface area contributed by atoms with Gasteiger partial charge in [0.05, 0.1) is 23.3 Å². The van der Waals surface area contributed by atoms with Crippen LogP contribution in [0.25, 0.3) is 0 Å². The minimum absolute atomic E-state index is 0.0737. The second-order valence-electron chi connectivity index (χ2n) is 8.34. The minimum Gasteiger partial charge on any atom is -0.494 e. The molecule has 0 saturated heterocycles. The predicted molar refractivity (Wildman–Crippen MR) is 137 cm³/mol. The average Bonchev–Trinajstić information content (AvgIpc) is 2.83. The first-order chi connectivity index (χ1) is 16.7. The normalized spacial score (nSPS) is 11.2. The van der Waals surface area contributed by atoms with Crippen molar-refractivity contribution in [3.05, 3.63) is 83.9 Å². The molecule has 0 heterocycles. The summed E-state index contributed by atoms with van der Waals surface area (Å²) in [5.41, 5.74) is 2.20. The molecular formula is C27H32N2O5S. The van der Waals surface area contributed by atoms with Gasteiger partial charge in [-0.05, 0) is 81.8 Å². The van der Waals surface area contributed by atoms with Crippen molar-refractivity contribution < 1.29 is 22.7 Å². The number of hydrogen-bond acceptors (Lipinski definition) is 5. The standard InChI is InChI=1S/C27H32N2O5S/c1-5-33-24-14-10-23(11-15-24)29(35(31,32)26-16-6-21(4)7-17-26)19-27(30)28-18-22-8-12-25(13-9-22)34-20(2)3/h6-17,20H,5,18-19H2,1-4H3,(H,28,30). The lowest BCUT2D eigenvalue weighted by atomic mass is 10.2. The van der Waals surface area contributed by atoms with Gasteiger partial charge in [0.15, 0.2) is 0 Å². The van der Waals surface area contributed by atoms with Crippen LogP contribution in [0.5, 0.6) is 11.5 Å². The maximum absolute atomic E-state index is 13.5. The Balaban J connectivity index is 1.78. The van der Waals surface area contributed by atoms with E-state index in [4.69, 9.17) is 9.47 Å². The lowest BCUT2D eigenvalue weighted by Gasteiger charge is -2.24. The van der Waals surface area contributed by atoms with Crippen molar-refractivity contribution in [3.63, 3.8) is 0 Å². The van der Waals surface area contributed by atoms with Crippen LogP contribution in [0.2, 0.25) is 0 Å². The first-order valence-electron chi connectivity index (χ1n) is 11.5. The Labute approximate surface area is 207 Å². The summed E-state index contributed by atoms with van der Waals surface area (Å²) >= 11 is 0. The van der Waals surface area contributed by atoms with Crippen LogP contribution in [0.4, 0.5) is 5.69 Å². The van der Waals surface area contributed by atoms with E-state index in [1.54, 1.807) is 48.5 Å². The van der Waals surface area contributed by atoms with Crippen LogP contribution in [0.3, 0.4) is 0 Å². The van der Waals surface area contributed by atoms with Crippen LogP contribution in [0.1, 0.15) is 31.9 Å². The molecule has 186 valence electrons. The zero-order valence-electron chi connectivity index (χ0n) is 20.5. The summed E-state index contributed by atoms with van der Waals surface area (Å²) in [5, 5.41) is 2.81. The van der Waals surface area contributed by atoms with Gasteiger partial charge in [-0.2, -0.15) is 0 Å². The number of anilines is 1. The number of carbonyl (C=O) groups is 1. The van der Waals surface area contributed by atoms with Gasteiger partial charge >= 0.3 is 0 Å². The molecule has 0 unspecified atom stereocenters. The number of rotatable bonds is 11. The van der Waals surface area contributed by atoms with E-state index in [0.717, 1.165) is 21.2 Å². The van der Waals surface area contributed by atoms with E-state index in [1.807, 2.05) is 52.0 Å². The first-order valence-corrected chi connectivity index (χ1v) is 13.0. The molecule has 0 spiro atoms. The van der Waals surface area contributed by atoms with E-state index in [-0.39, 0.29) is 24.1 Å². The topological polar surface area (TPSA) is 84.9 Å². The van der Waals surface area contributed by atoms with Gasteiger partial charge in [0.1, 0.15) is 18.0 Å². The van der Waals surface area contributed by atoms with Gasteiger partial charge in [-0.1, -0.05) is 29.8 Å². The van der Waals surface area contributed by atoms with Crippen LogP contribution < -0.4 is 19.1 Å². The van der Waals surface area contributed by atoms with E-state index in [1.165, 1.54) is 0 Å². The number of ether oxygens (including phenoxy) is 2. The average molecular weight is 497 g/mol. The maximum atomic E-state index is 13.5. The van der Waals surface area contributed by atoms with Crippen LogP contribution >= 0.6 is 0 Å². The number of amides is 1. The van der Waals surface area contributed by atoms with Crippen LogP contribution in [0.15, 0.2) is 77.7 Å². The molecule has 0 fully saturated rings. The van der Waals surface area contributed by atoms with Crippen molar-refractivity contribution >= 4 is 21.6 Å². The zero-order valence-corrected chi connectivity index (χ0v) is 21.3. The van der Waals surface area contributed by atoms with E-state index in [2.05, 4.69) is 5.32 Å². The molecule has 35 heavy (non-hydrogen) atoms. The molecule has 0 saturated carbocycles. The third-order valence-corrected chi connectivity index (χ3v) is 6.90. The molecule has 0 radical (unpaired) electrons. The number of nitrogens with one attached hydrogen (secondary N) is 1. The molecule has 1 N–H and O–H groups in total. The SMILES string of the molecule is CCOc1ccc(N(CC(=O)NCc2ccc(OC(C)C)cc2)S(=O)(=O)c2ccc(C)cc2)cc1. The van der Waals surface area contributed by atoms with Crippen molar-refractivity contribution in [1.82, 2.24) is 5.32 Å². The van der Waals surface area contributed by atoms with E-state index >= 15 is 0 Å².